The molecule has 4 nitrogen and oxygen atoms in total. The number of Topliss-reactive ketones (excluding diaryl/α,β-unsaturated/α-hetero) is 2. The second kappa shape index (κ2) is 8.31. The number of rotatable bonds is 7. The van der Waals surface area contributed by atoms with E-state index in [0.717, 1.165) is 22.3 Å². The minimum atomic E-state index is -0.0403. The predicted octanol–water partition coefficient (Wildman–Crippen LogP) is 4.72. The minimum Gasteiger partial charge on any atom is -0.361 e. The number of carbonyl (C=O) groups is 2. The van der Waals surface area contributed by atoms with E-state index in [1.807, 2.05) is 37.3 Å². The van der Waals surface area contributed by atoms with Gasteiger partial charge in [-0.3, -0.25) is 9.59 Å². The molecule has 0 aliphatic carbocycles. The average Bonchev–Trinajstić information content (AvgIpc) is 3.06. The Morgan fingerprint density at radius 1 is 0.963 bits per heavy atom. The third kappa shape index (κ3) is 4.92. The van der Waals surface area contributed by atoms with Gasteiger partial charge in [0.25, 0.3) is 0 Å². The van der Waals surface area contributed by atoms with Crippen molar-refractivity contribution in [2.75, 3.05) is 0 Å². The highest BCUT2D eigenvalue weighted by Crippen LogP contribution is 2.17. The Morgan fingerprint density at radius 2 is 1.63 bits per heavy atom. The Kier molecular flexibility index (Phi) is 5.87. The van der Waals surface area contributed by atoms with Crippen molar-refractivity contribution in [3.05, 3.63) is 87.3 Å². The first-order valence-corrected chi connectivity index (χ1v) is 9.09. The largest absolute Gasteiger partial charge is 0.361 e. The maximum Gasteiger partial charge on any atom is 0.172 e. The van der Waals surface area contributed by atoms with E-state index in [9.17, 15) is 9.59 Å². The van der Waals surface area contributed by atoms with Crippen LogP contribution >= 0.6 is 11.6 Å². The standard InChI is InChI=1S/C22H20ClNO3/c1-14-3-4-17(11-20(25)10-16-5-7-19(23)8-6-16)9-18(14)12-22(26)21-13-24-27-15(21)2/h3-9,13H,10-12H2,1-2H3. The number of nitrogens with zero attached hydrogens (tertiary/aromatic N) is 1. The summed E-state index contributed by atoms with van der Waals surface area (Å²) in [5.74, 6) is 0.599. The average molecular weight is 382 g/mol. The Hall–Kier alpha value is -2.72. The van der Waals surface area contributed by atoms with Crippen molar-refractivity contribution < 1.29 is 14.1 Å². The van der Waals surface area contributed by atoms with Crippen LogP contribution < -0.4 is 0 Å². The number of aromatic nitrogens is 1. The molecule has 0 bridgehead atoms. The number of benzene rings is 2. The molecule has 5 heteroatoms. The van der Waals surface area contributed by atoms with E-state index in [1.54, 1.807) is 19.1 Å². The highest BCUT2D eigenvalue weighted by atomic mass is 35.5. The number of hydrogen-bond donors (Lipinski definition) is 0. The summed E-state index contributed by atoms with van der Waals surface area (Å²) in [6.07, 6.45) is 2.40. The van der Waals surface area contributed by atoms with Gasteiger partial charge in [-0.25, -0.2) is 0 Å². The number of aryl methyl sites for hydroxylation is 2. The van der Waals surface area contributed by atoms with Gasteiger partial charge < -0.3 is 4.52 Å². The van der Waals surface area contributed by atoms with Crippen molar-refractivity contribution in [2.24, 2.45) is 0 Å². The summed E-state index contributed by atoms with van der Waals surface area (Å²) >= 11 is 5.88. The normalized spacial score (nSPS) is 10.8. The van der Waals surface area contributed by atoms with Crippen molar-refractivity contribution >= 4 is 23.2 Å². The van der Waals surface area contributed by atoms with Gasteiger partial charge >= 0.3 is 0 Å². The maximum absolute atomic E-state index is 12.5. The Bertz CT molecular complexity index is 973. The SMILES string of the molecule is Cc1ccc(CC(=O)Cc2ccc(Cl)cc2)cc1CC(=O)c1cnoc1C. The van der Waals surface area contributed by atoms with E-state index in [4.69, 9.17) is 16.1 Å². The zero-order chi connectivity index (χ0) is 19.4. The van der Waals surface area contributed by atoms with Crippen LogP contribution in [0.4, 0.5) is 0 Å². The van der Waals surface area contributed by atoms with Crippen LogP contribution in [0.5, 0.6) is 0 Å². The van der Waals surface area contributed by atoms with Crippen molar-refractivity contribution in [3.63, 3.8) is 0 Å². The zero-order valence-electron chi connectivity index (χ0n) is 15.3. The van der Waals surface area contributed by atoms with Crippen LogP contribution in [0.3, 0.4) is 0 Å². The van der Waals surface area contributed by atoms with E-state index in [-0.39, 0.29) is 18.0 Å². The fraction of sp³-hybridized carbons (Fsp3) is 0.227. The molecule has 1 aromatic heterocycles. The first kappa shape index (κ1) is 19.1. The van der Waals surface area contributed by atoms with E-state index >= 15 is 0 Å². The molecule has 2 aromatic carbocycles. The third-order valence-electron chi connectivity index (χ3n) is 4.53. The zero-order valence-corrected chi connectivity index (χ0v) is 16.0. The van der Waals surface area contributed by atoms with Crippen molar-refractivity contribution in [3.8, 4) is 0 Å². The van der Waals surface area contributed by atoms with Crippen molar-refractivity contribution in [1.29, 1.82) is 0 Å². The second-order valence-corrected chi connectivity index (χ2v) is 7.11. The van der Waals surface area contributed by atoms with Gasteiger partial charge in [0.05, 0.1) is 11.8 Å². The summed E-state index contributed by atoms with van der Waals surface area (Å²) in [6.45, 7) is 3.68. The molecule has 0 fully saturated rings. The molecular formula is C22H20ClNO3. The molecule has 3 aromatic rings. The molecule has 0 aliphatic rings. The van der Waals surface area contributed by atoms with Crippen LogP contribution in [0.15, 0.2) is 53.2 Å². The Morgan fingerprint density at radius 3 is 2.30 bits per heavy atom. The van der Waals surface area contributed by atoms with Gasteiger partial charge in [0.15, 0.2) is 5.78 Å². The molecule has 0 atom stereocenters. The van der Waals surface area contributed by atoms with Gasteiger partial charge in [0.1, 0.15) is 11.5 Å². The van der Waals surface area contributed by atoms with Crippen LogP contribution in [0.2, 0.25) is 5.02 Å². The van der Waals surface area contributed by atoms with E-state index < -0.39 is 0 Å². The number of ketones is 2. The summed E-state index contributed by atoms with van der Waals surface area (Å²) in [5, 5.41) is 4.32. The van der Waals surface area contributed by atoms with Crippen LogP contribution in [0.25, 0.3) is 0 Å². The molecule has 27 heavy (non-hydrogen) atoms. The van der Waals surface area contributed by atoms with Gasteiger partial charge in [0, 0.05) is 24.3 Å². The lowest BCUT2D eigenvalue weighted by Crippen LogP contribution is -2.09. The summed E-state index contributed by atoms with van der Waals surface area (Å²) in [5.41, 5.74) is 4.28. The van der Waals surface area contributed by atoms with E-state index in [2.05, 4.69) is 5.16 Å². The number of hydrogen-bond acceptors (Lipinski definition) is 4. The topological polar surface area (TPSA) is 60.2 Å². The molecule has 0 radical (unpaired) electrons. The third-order valence-corrected chi connectivity index (χ3v) is 4.78. The summed E-state index contributed by atoms with van der Waals surface area (Å²) < 4.78 is 4.97. The van der Waals surface area contributed by atoms with Gasteiger partial charge in [-0.05, 0) is 48.2 Å². The quantitative estimate of drug-likeness (QED) is 0.555. The molecular weight excluding hydrogens is 362 g/mol. The number of carbonyl (C=O) groups excluding carboxylic acids is 2. The molecule has 0 unspecified atom stereocenters. The highest BCUT2D eigenvalue weighted by Gasteiger charge is 2.15. The lowest BCUT2D eigenvalue weighted by molar-refractivity contribution is -0.117. The molecule has 0 saturated heterocycles. The van der Waals surface area contributed by atoms with Gasteiger partial charge in [0.2, 0.25) is 0 Å². The molecule has 0 aliphatic heterocycles. The minimum absolute atomic E-state index is 0.0403. The first-order valence-electron chi connectivity index (χ1n) is 8.71. The van der Waals surface area contributed by atoms with Crippen LogP contribution in [0.1, 0.15) is 38.4 Å². The summed E-state index contributed by atoms with van der Waals surface area (Å²) in [7, 11) is 0. The van der Waals surface area contributed by atoms with Crippen molar-refractivity contribution in [1.82, 2.24) is 5.16 Å². The summed E-state index contributed by atoms with van der Waals surface area (Å²) in [4.78, 5) is 24.9. The van der Waals surface area contributed by atoms with Crippen molar-refractivity contribution in [2.45, 2.75) is 33.1 Å². The molecule has 0 spiro atoms. The maximum atomic E-state index is 12.5. The smallest absolute Gasteiger partial charge is 0.172 e. The van der Waals surface area contributed by atoms with Crippen LogP contribution in [-0.2, 0) is 24.1 Å². The molecule has 3 rings (SSSR count). The van der Waals surface area contributed by atoms with Gasteiger partial charge in [-0.1, -0.05) is 47.1 Å². The van der Waals surface area contributed by atoms with Crippen LogP contribution in [0, 0.1) is 13.8 Å². The molecule has 0 N–H and O–H groups in total. The molecule has 0 amide bonds. The Labute approximate surface area is 163 Å². The molecule has 138 valence electrons. The predicted molar refractivity (Wildman–Crippen MR) is 104 cm³/mol. The fourth-order valence-corrected chi connectivity index (χ4v) is 3.11. The molecule has 1 heterocycles. The van der Waals surface area contributed by atoms with E-state index in [1.165, 1.54) is 6.20 Å². The fourth-order valence-electron chi connectivity index (χ4n) is 2.98. The Balaban J connectivity index is 1.69. The van der Waals surface area contributed by atoms with Crippen LogP contribution in [-0.4, -0.2) is 16.7 Å². The first-order chi connectivity index (χ1) is 12.9. The van der Waals surface area contributed by atoms with E-state index in [0.29, 0.717) is 29.2 Å². The van der Waals surface area contributed by atoms with Gasteiger partial charge in [-0.15, -0.1) is 0 Å². The highest BCUT2D eigenvalue weighted by molar-refractivity contribution is 6.30. The summed E-state index contributed by atoms with van der Waals surface area (Å²) in [6, 6.07) is 13.1. The van der Waals surface area contributed by atoms with Gasteiger partial charge in [-0.2, -0.15) is 0 Å². The lowest BCUT2D eigenvalue weighted by atomic mass is 9.95. The second-order valence-electron chi connectivity index (χ2n) is 6.68. The number of halogens is 1. The monoisotopic (exact) mass is 381 g/mol. The molecule has 0 saturated carbocycles. The lowest BCUT2D eigenvalue weighted by Gasteiger charge is -2.08.